The summed E-state index contributed by atoms with van der Waals surface area (Å²) in [6.45, 7) is 2.22. The van der Waals surface area contributed by atoms with E-state index in [0.29, 0.717) is 13.1 Å². The van der Waals surface area contributed by atoms with E-state index in [0.717, 1.165) is 31.1 Å². The van der Waals surface area contributed by atoms with Gasteiger partial charge in [0.2, 0.25) is 10.0 Å². The number of sulfonamides is 1. The van der Waals surface area contributed by atoms with Gasteiger partial charge in [0.05, 0.1) is 10.6 Å². The van der Waals surface area contributed by atoms with Crippen LogP contribution in [0.5, 0.6) is 0 Å². The van der Waals surface area contributed by atoms with Crippen molar-refractivity contribution in [3.8, 4) is 0 Å². The quantitative estimate of drug-likeness (QED) is 0.899. The molecule has 1 atom stereocenters. The smallest absolute Gasteiger partial charge is 0.240 e. The van der Waals surface area contributed by atoms with Gasteiger partial charge in [0, 0.05) is 25.3 Å². The summed E-state index contributed by atoms with van der Waals surface area (Å²) in [4.78, 5) is 6.46. The molecule has 1 N–H and O–H groups in total. The third kappa shape index (κ3) is 4.37. The van der Waals surface area contributed by atoms with E-state index in [9.17, 15) is 12.8 Å². The van der Waals surface area contributed by atoms with E-state index in [1.807, 2.05) is 18.2 Å². The van der Waals surface area contributed by atoms with E-state index in [-0.39, 0.29) is 10.9 Å². The van der Waals surface area contributed by atoms with Gasteiger partial charge >= 0.3 is 0 Å². The van der Waals surface area contributed by atoms with Crippen LogP contribution in [0.3, 0.4) is 0 Å². The Bertz CT molecular complexity index is 783. The van der Waals surface area contributed by atoms with E-state index in [2.05, 4.69) is 14.6 Å². The van der Waals surface area contributed by atoms with E-state index in [4.69, 9.17) is 0 Å². The highest BCUT2D eigenvalue weighted by molar-refractivity contribution is 7.89. The topological polar surface area (TPSA) is 62.3 Å². The molecule has 0 aliphatic carbocycles. The van der Waals surface area contributed by atoms with Crippen LogP contribution in [0.4, 0.5) is 4.39 Å². The molecule has 0 radical (unpaired) electrons. The number of halogens is 1. The zero-order valence-corrected chi connectivity index (χ0v) is 14.0. The number of nitrogens with zero attached hydrogens (tertiary/aromatic N) is 2. The molecule has 0 unspecified atom stereocenters. The minimum absolute atomic E-state index is 0.0376. The van der Waals surface area contributed by atoms with Crippen LogP contribution >= 0.6 is 0 Å². The number of benzene rings is 1. The molecule has 2 aromatic rings. The van der Waals surface area contributed by atoms with Gasteiger partial charge in [-0.1, -0.05) is 12.1 Å². The predicted octanol–water partition coefficient (Wildman–Crippen LogP) is 2.16. The first kappa shape index (κ1) is 17.0. The molecular weight excluding hydrogens is 329 g/mol. The lowest BCUT2D eigenvalue weighted by atomic mass is 10.1. The maximum Gasteiger partial charge on any atom is 0.240 e. The summed E-state index contributed by atoms with van der Waals surface area (Å²) >= 11 is 0. The van der Waals surface area contributed by atoms with Crippen LogP contribution in [0.1, 0.15) is 18.5 Å². The third-order valence-electron chi connectivity index (χ3n) is 4.05. The molecule has 7 heteroatoms. The van der Waals surface area contributed by atoms with Gasteiger partial charge in [0.15, 0.2) is 0 Å². The summed E-state index contributed by atoms with van der Waals surface area (Å²) in [6, 6.07) is 10.7. The summed E-state index contributed by atoms with van der Waals surface area (Å²) in [6.07, 6.45) is 3.43. The number of hydrogen-bond donors (Lipinski definition) is 1. The molecule has 0 spiro atoms. The van der Waals surface area contributed by atoms with E-state index < -0.39 is 15.8 Å². The maximum atomic E-state index is 13.3. The van der Waals surface area contributed by atoms with E-state index >= 15 is 0 Å². The zero-order valence-electron chi connectivity index (χ0n) is 13.2. The van der Waals surface area contributed by atoms with E-state index in [1.54, 1.807) is 6.20 Å². The Morgan fingerprint density at radius 1 is 1.25 bits per heavy atom. The first-order chi connectivity index (χ1) is 11.5. The highest BCUT2D eigenvalue weighted by Gasteiger charge is 2.25. The van der Waals surface area contributed by atoms with Crippen molar-refractivity contribution in [1.82, 2.24) is 14.6 Å². The lowest BCUT2D eigenvalue weighted by Crippen LogP contribution is -2.47. The summed E-state index contributed by atoms with van der Waals surface area (Å²) in [5.74, 6) is -0.557. The molecule has 128 valence electrons. The van der Waals surface area contributed by atoms with Crippen molar-refractivity contribution < 1.29 is 12.8 Å². The summed E-state index contributed by atoms with van der Waals surface area (Å²) in [5.41, 5.74) is 0.964. The zero-order chi connectivity index (χ0) is 17.0. The Balaban J connectivity index is 1.64. The minimum atomic E-state index is -3.71. The Kier molecular flexibility index (Phi) is 5.23. The number of aromatic nitrogens is 1. The Morgan fingerprint density at radius 2 is 2.12 bits per heavy atom. The molecule has 0 amide bonds. The number of nitrogens with one attached hydrogen (secondary N) is 1. The molecule has 2 heterocycles. The molecule has 1 saturated heterocycles. The molecule has 1 fully saturated rings. The van der Waals surface area contributed by atoms with Gasteiger partial charge in [-0.2, -0.15) is 0 Å². The molecule has 1 aromatic carbocycles. The molecule has 3 rings (SSSR count). The van der Waals surface area contributed by atoms with Crippen molar-refractivity contribution in [3.63, 3.8) is 0 Å². The Labute approximate surface area is 141 Å². The van der Waals surface area contributed by atoms with Crippen molar-refractivity contribution in [2.75, 3.05) is 13.1 Å². The Morgan fingerprint density at radius 3 is 2.88 bits per heavy atom. The van der Waals surface area contributed by atoms with Crippen LogP contribution in [0.25, 0.3) is 0 Å². The van der Waals surface area contributed by atoms with E-state index in [1.165, 1.54) is 18.2 Å². The molecule has 0 bridgehead atoms. The van der Waals surface area contributed by atoms with Crippen LogP contribution in [-0.4, -0.2) is 37.4 Å². The molecule has 1 aliphatic heterocycles. The van der Waals surface area contributed by atoms with Crippen LogP contribution in [0.2, 0.25) is 0 Å². The number of hydrogen-bond acceptors (Lipinski definition) is 4. The normalized spacial score (nSPS) is 19.3. The molecule has 5 nitrogen and oxygen atoms in total. The molecule has 0 saturated carbocycles. The van der Waals surface area contributed by atoms with Crippen molar-refractivity contribution in [1.29, 1.82) is 0 Å². The monoisotopic (exact) mass is 349 g/mol. The van der Waals surface area contributed by atoms with Crippen molar-refractivity contribution in [3.05, 3.63) is 60.2 Å². The number of piperidine rings is 1. The van der Waals surface area contributed by atoms with Gasteiger partial charge in [-0.05, 0) is 49.7 Å². The molecule has 24 heavy (non-hydrogen) atoms. The van der Waals surface area contributed by atoms with Gasteiger partial charge in [-0.3, -0.25) is 9.88 Å². The van der Waals surface area contributed by atoms with Gasteiger partial charge in [-0.15, -0.1) is 0 Å². The average Bonchev–Trinajstić information content (AvgIpc) is 2.56. The lowest BCUT2D eigenvalue weighted by molar-refractivity contribution is 0.192. The summed E-state index contributed by atoms with van der Waals surface area (Å²) < 4.78 is 40.8. The SMILES string of the molecule is O=S(=O)(N[C@@H]1CCCN(Cc2ccccn2)C1)c1cccc(F)c1. The van der Waals surface area contributed by atoms with Crippen LogP contribution in [0.15, 0.2) is 53.6 Å². The molecule has 1 aliphatic rings. The highest BCUT2D eigenvalue weighted by atomic mass is 32.2. The van der Waals surface area contributed by atoms with Gasteiger partial charge in [0.25, 0.3) is 0 Å². The number of pyridine rings is 1. The average molecular weight is 349 g/mol. The fourth-order valence-electron chi connectivity index (χ4n) is 2.94. The molecular formula is C17H20FN3O2S. The summed E-state index contributed by atoms with van der Waals surface area (Å²) in [7, 11) is -3.71. The van der Waals surface area contributed by atoms with Crippen molar-refractivity contribution in [2.24, 2.45) is 0 Å². The first-order valence-electron chi connectivity index (χ1n) is 7.93. The first-order valence-corrected chi connectivity index (χ1v) is 9.41. The highest BCUT2D eigenvalue weighted by Crippen LogP contribution is 2.16. The van der Waals surface area contributed by atoms with Crippen molar-refractivity contribution in [2.45, 2.75) is 30.3 Å². The fourth-order valence-corrected chi connectivity index (χ4v) is 4.23. The van der Waals surface area contributed by atoms with Gasteiger partial charge in [0.1, 0.15) is 5.82 Å². The second-order valence-electron chi connectivity index (χ2n) is 5.97. The molecule has 1 aromatic heterocycles. The van der Waals surface area contributed by atoms with Gasteiger partial charge in [-0.25, -0.2) is 17.5 Å². The Hall–Kier alpha value is -1.83. The van der Waals surface area contributed by atoms with Crippen molar-refractivity contribution >= 4 is 10.0 Å². The van der Waals surface area contributed by atoms with Crippen LogP contribution in [0, 0.1) is 5.82 Å². The standard InChI is InChI=1S/C17H20FN3O2S/c18-14-5-3-8-17(11-14)24(22,23)20-16-7-4-10-21(13-16)12-15-6-1-2-9-19-15/h1-3,5-6,8-9,11,16,20H,4,7,10,12-13H2/t16-/m1/s1. The number of likely N-dealkylation sites (tertiary alicyclic amines) is 1. The van der Waals surface area contributed by atoms with Gasteiger partial charge < -0.3 is 0 Å². The maximum absolute atomic E-state index is 13.3. The third-order valence-corrected chi connectivity index (χ3v) is 5.56. The second kappa shape index (κ2) is 7.38. The fraction of sp³-hybridized carbons (Fsp3) is 0.353. The van der Waals surface area contributed by atoms with Crippen LogP contribution < -0.4 is 4.72 Å². The number of rotatable bonds is 5. The summed E-state index contributed by atoms with van der Waals surface area (Å²) in [5, 5.41) is 0. The second-order valence-corrected chi connectivity index (χ2v) is 7.69. The van der Waals surface area contributed by atoms with Crippen LogP contribution in [-0.2, 0) is 16.6 Å². The lowest BCUT2D eigenvalue weighted by Gasteiger charge is -2.32. The minimum Gasteiger partial charge on any atom is -0.296 e. The predicted molar refractivity (Wildman–Crippen MR) is 89.3 cm³/mol. The largest absolute Gasteiger partial charge is 0.296 e.